The van der Waals surface area contributed by atoms with Gasteiger partial charge in [0.1, 0.15) is 11.0 Å². The van der Waals surface area contributed by atoms with Crippen molar-refractivity contribution >= 4 is 46.1 Å². The van der Waals surface area contributed by atoms with E-state index in [1.807, 2.05) is 12.1 Å². The minimum absolute atomic E-state index is 0.0881. The van der Waals surface area contributed by atoms with E-state index in [9.17, 15) is 4.79 Å². The number of thioether (sulfide) groups is 1. The first kappa shape index (κ1) is 20.9. The molecule has 2 heterocycles. The Hall–Kier alpha value is -3.38. The molecule has 0 aliphatic heterocycles. The molecule has 0 saturated carbocycles. The van der Waals surface area contributed by atoms with Crippen LogP contribution in [-0.2, 0) is 4.79 Å². The van der Waals surface area contributed by atoms with Crippen LogP contribution in [0, 0.1) is 0 Å². The number of methoxy groups -OCH3 is 3. The molecule has 0 saturated heterocycles. The molecule has 0 bridgehead atoms. The summed E-state index contributed by atoms with van der Waals surface area (Å²) in [4.78, 5) is 12.4. The number of fused-ring (bicyclic) bond motifs is 1. The molecule has 0 unspecified atom stereocenters. The molecule has 4 aromatic rings. The molecule has 0 aliphatic rings. The van der Waals surface area contributed by atoms with Gasteiger partial charge in [0.05, 0.1) is 44.5 Å². The van der Waals surface area contributed by atoms with Crippen molar-refractivity contribution in [3.05, 3.63) is 30.3 Å². The molecule has 2 aromatic carbocycles. The minimum Gasteiger partial charge on any atom is -0.493 e. The Morgan fingerprint density at radius 2 is 1.87 bits per heavy atom. The number of hydrogen-bond donors (Lipinski definition) is 1. The van der Waals surface area contributed by atoms with E-state index in [1.54, 1.807) is 18.2 Å². The number of benzene rings is 2. The number of nitrogens with one attached hydrogen (secondary N) is 1. The zero-order valence-electron chi connectivity index (χ0n) is 16.7. The van der Waals surface area contributed by atoms with Crippen LogP contribution < -0.4 is 19.5 Å². The van der Waals surface area contributed by atoms with Crippen molar-refractivity contribution in [3.63, 3.8) is 0 Å². The Kier molecular flexibility index (Phi) is 6.18. The van der Waals surface area contributed by atoms with Crippen molar-refractivity contribution in [1.29, 1.82) is 0 Å². The molecule has 31 heavy (non-hydrogen) atoms. The van der Waals surface area contributed by atoms with Crippen molar-refractivity contribution in [2.75, 3.05) is 32.4 Å². The lowest BCUT2D eigenvalue weighted by Gasteiger charge is -2.12. The highest BCUT2D eigenvalue weighted by Gasteiger charge is 2.18. The van der Waals surface area contributed by atoms with Gasteiger partial charge in [-0.3, -0.25) is 4.79 Å². The third kappa shape index (κ3) is 4.39. The zero-order valence-corrected chi connectivity index (χ0v) is 18.4. The molecular formula is C19H17N5O5S2. The molecule has 10 nitrogen and oxygen atoms in total. The van der Waals surface area contributed by atoms with Crippen LogP contribution in [0.3, 0.4) is 0 Å². The van der Waals surface area contributed by atoms with Gasteiger partial charge in [-0.05, 0) is 24.3 Å². The normalized spacial score (nSPS) is 10.8. The van der Waals surface area contributed by atoms with Gasteiger partial charge in [-0.1, -0.05) is 17.8 Å². The van der Waals surface area contributed by atoms with Crippen molar-refractivity contribution in [3.8, 4) is 28.7 Å². The number of anilines is 1. The van der Waals surface area contributed by atoms with Gasteiger partial charge in [-0.2, -0.15) is 8.75 Å². The predicted molar refractivity (Wildman–Crippen MR) is 116 cm³/mol. The van der Waals surface area contributed by atoms with E-state index in [-0.39, 0.29) is 22.8 Å². The summed E-state index contributed by atoms with van der Waals surface area (Å²) in [5.41, 5.74) is 2.61. The summed E-state index contributed by atoms with van der Waals surface area (Å²) in [5.74, 6) is 1.53. The summed E-state index contributed by atoms with van der Waals surface area (Å²) in [6, 6.07) is 8.85. The predicted octanol–water partition coefficient (Wildman–Crippen LogP) is 3.50. The fourth-order valence-electron chi connectivity index (χ4n) is 2.81. The van der Waals surface area contributed by atoms with Crippen LogP contribution in [0.25, 0.3) is 22.5 Å². The highest BCUT2D eigenvalue weighted by atomic mass is 32.2. The summed E-state index contributed by atoms with van der Waals surface area (Å²) in [7, 11) is 4.58. The van der Waals surface area contributed by atoms with Gasteiger partial charge in [0, 0.05) is 5.56 Å². The van der Waals surface area contributed by atoms with Crippen LogP contribution >= 0.6 is 23.5 Å². The maximum Gasteiger partial charge on any atom is 0.277 e. The first-order chi connectivity index (χ1) is 15.1. The lowest BCUT2D eigenvalue weighted by molar-refractivity contribution is -0.113. The minimum atomic E-state index is -0.224. The van der Waals surface area contributed by atoms with E-state index >= 15 is 0 Å². The Balaban J connectivity index is 1.45. The van der Waals surface area contributed by atoms with Gasteiger partial charge < -0.3 is 23.9 Å². The summed E-state index contributed by atoms with van der Waals surface area (Å²) in [5, 5.41) is 11.1. The molecule has 0 aliphatic carbocycles. The van der Waals surface area contributed by atoms with Gasteiger partial charge in [-0.15, -0.1) is 10.2 Å². The van der Waals surface area contributed by atoms with Crippen molar-refractivity contribution in [2.45, 2.75) is 5.22 Å². The summed E-state index contributed by atoms with van der Waals surface area (Å²) < 4.78 is 30.1. The summed E-state index contributed by atoms with van der Waals surface area (Å²) in [6.45, 7) is 0. The van der Waals surface area contributed by atoms with Gasteiger partial charge >= 0.3 is 0 Å². The molecule has 0 fully saturated rings. The maximum absolute atomic E-state index is 12.4. The number of carbonyl (C=O) groups excluding carboxylic acids is 1. The Morgan fingerprint density at radius 1 is 1.10 bits per heavy atom. The molecule has 4 rings (SSSR count). The Labute approximate surface area is 185 Å². The average molecular weight is 460 g/mol. The summed E-state index contributed by atoms with van der Waals surface area (Å²) >= 11 is 2.22. The van der Waals surface area contributed by atoms with Crippen LogP contribution in [0.2, 0.25) is 0 Å². The van der Waals surface area contributed by atoms with Gasteiger partial charge in [0.25, 0.3) is 5.22 Å². The zero-order chi connectivity index (χ0) is 21.8. The lowest BCUT2D eigenvalue weighted by atomic mass is 10.2. The standard InChI is InChI=1S/C19H17N5O5S2/c1-26-13-7-10(8-14(27-2)17(13)28-3)18-21-22-19(29-18)30-9-15(25)20-11-5-4-6-12-16(11)24-31-23-12/h4-8H,9H2,1-3H3,(H,20,25). The second-order valence-corrected chi connectivity index (χ2v) is 7.52. The van der Waals surface area contributed by atoms with E-state index in [2.05, 4.69) is 24.3 Å². The number of ether oxygens (including phenoxy) is 3. The molecule has 0 atom stereocenters. The number of carbonyl (C=O) groups is 1. The highest BCUT2D eigenvalue weighted by Crippen LogP contribution is 2.41. The molecular weight excluding hydrogens is 442 g/mol. The van der Waals surface area contributed by atoms with Gasteiger partial charge in [0.15, 0.2) is 11.5 Å². The quantitative estimate of drug-likeness (QED) is 0.392. The molecule has 2 aromatic heterocycles. The molecule has 0 radical (unpaired) electrons. The molecule has 12 heteroatoms. The van der Waals surface area contributed by atoms with Crippen LogP contribution in [-0.4, -0.2) is 51.9 Å². The fraction of sp³-hybridized carbons (Fsp3) is 0.211. The van der Waals surface area contributed by atoms with E-state index in [4.69, 9.17) is 18.6 Å². The number of hydrogen-bond acceptors (Lipinski definition) is 11. The first-order valence-corrected chi connectivity index (χ1v) is 10.6. The number of nitrogens with zero attached hydrogens (tertiary/aromatic N) is 4. The second-order valence-electron chi connectivity index (χ2n) is 6.06. The van der Waals surface area contributed by atoms with Crippen LogP contribution in [0.5, 0.6) is 17.2 Å². The second kappa shape index (κ2) is 9.18. The maximum atomic E-state index is 12.4. The Bertz CT molecular complexity index is 1200. The molecule has 160 valence electrons. The third-order valence-electron chi connectivity index (χ3n) is 4.20. The lowest BCUT2D eigenvalue weighted by Crippen LogP contribution is -2.14. The molecule has 0 spiro atoms. The van der Waals surface area contributed by atoms with Crippen molar-refractivity contribution < 1.29 is 23.4 Å². The smallest absolute Gasteiger partial charge is 0.277 e. The Morgan fingerprint density at radius 3 is 2.58 bits per heavy atom. The SMILES string of the molecule is COc1cc(-c2nnc(SCC(=O)Nc3cccc4nsnc34)o2)cc(OC)c1OC. The van der Waals surface area contributed by atoms with E-state index in [1.165, 1.54) is 21.3 Å². The number of rotatable bonds is 8. The number of amides is 1. The van der Waals surface area contributed by atoms with Gasteiger partial charge in [-0.25, -0.2) is 0 Å². The number of aromatic nitrogens is 4. The average Bonchev–Trinajstić information content (AvgIpc) is 3.47. The van der Waals surface area contributed by atoms with Crippen molar-refractivity contribution in [2.24, 2.45) is 0 Å². The topological polar surface area (TPSA) is 121 Å². The van der Waals surface area contributed by atoms with E-state index in [0.717, 1.165) is 29.0 Å². The highest BCUT2D eigenvalue weighted by molar-refractivity contribution is 7.99. The van der Waals surface area contributed by atoms with Crippen LogP contribution in [0.4, 0.5) is 5.69 Å². The molecule has 1 N–H and O–H groups in total. The van der Waals surface area contributed by atoms with Crippen LogP contribution in [0.1, 0.15) is 0 Å². The fourth-order valence-corrected chi connectivity index (χ4v) is 3.92. The monoisotopic (exact) mass is 459 g/mol. The third-order valence-corrected chi connectivity index (χ3v) is 5.57. The van der Waals surface area contributed by atoms with E-state index in [0.29, 0.717) is 34.0 Å². The summed E-state index contributed by atoms with van der Waals surface area (Å²) in [6.07, 6.45) is 0. The van der Waals surface area contributed by atoms with Crippen molar-refractivity contribution in [1.82, 2.24) is 18.9 Å². The first-order valence-electron chi connectivity index (χ1n) is 8.90. The largest absolute Gasteiger partial charge is 0.493 e. The van der Waals surface area contributed by atoms with E-state index < -0.39 is 0 Å². The van der Waals surface area contributed by atoms with Gasteiger partial charge in [0.2, 0.25) is 17.5 Å². The van der Waals surface area contributed by atoms with Crippen LogP contribution in [0.15, 0.2) is 40.0 Å². The molecule has 1 amide bonds.